The van der Waals surface area contributed by atoms with E-state index in [1.54, 1.807) is 20.9 Å². The lowest BCUT2D eigenvalue weighted by Crippen LogP contribution is -2.23. The van der Waals surface area contributed by atoms with E-state index in [1.165, 1.54) is 16.9 Å². The number of aromatic amines is 1. The summed E-state index contributed by atoms with van der Waals surface area (Å²) in [5, 5.41) is 3.93. The lowest BCUT2D eigenvalue weighted by Gasteiger charge is -2.06. The number of hydrogen-bond acceptors (Lipinski definition) is 4. The molecule has 1 N–H and O–H groups in total. The molecule has 0 unspecified atom stereocenters. The van der Waals surface area contributed by atoms with Crippen molar-refractivity contribution in [1.29, 1.82) is 0 Å². The van der Waals surface area contributed by atoms with E-state index in [2.05, 4.69) is 10.1 Å². The molecule has 17 heavy (non-hydrogen) atoms. The van der Waals surface area contributed by atoms with Crippen LogP contribution in [0, 0.1) is 0 Å². The Morgan fingerprint density at radius 3 is 2.65 bits per heavy atom. The van der Waals surface area contributed by atoms with Crippen molar-refractivity contribution in [2.24, 2.45) is 7.05 Å². The van der Waals surface area contributed by atoms with Gasteiger partial charge in [-0.25, -0.2) is 8.42 Å². The summed E-state index contributed by atoms with van der Waals surface area (Å²) in [6, 6.07) is 1.37. The Bertz CT molecular complexity index is 725. The molecule has 0 spiro atoms. The third-order valence-electron chi connectivity index (χ3n) is 2.64. The topological polar surface area (TPSA) is 84.8 Å². The van der Waals surface area contributed by atoms with Gasteiger partial charge in [0.25, 0.3) is 5.56 Å². The Balaban J connectivity index is 2.81. The molecule has 92 valence electrons. The molecular formula is C10H13N3O3S. The molecule has 0 fully saturated rings. The van der Waals surface area contributed by atoms with Gasteiger partial charge in [0.15, 0.2) is 9.84 Å². The fourth-order valence-corrected chi connectivity index (χ4v) is 2.66. The van der Waals surface area contributed by atoms with Crippen LogP contribution < -0.4 is 5.56 Å². The number of nitrogens with zero attached hydrogens (tertiary/aromatic N) is 2. The Morgan fingerprint density at radius 2 is 2.06 bits per heavy atom. The van der Waals surface area contributed by atoms with Gasteiger partial charge in [0, 0.05) is 12.4 Å². The van der Waals surface area contributed by atoms with Gasteiger partial charge < -0.3 is 4.98 Å². The van der Waals surface area contributed by atoms with Crippen LogP contribution in [0.5, 0.6) is 0 Å². The summed E-state index contributed by atoms with van der Waals surface area (Å²) in [6.45, 7) is 3.09. The molecule has 0 saturated carbocycles. The largest absolute Gasteiger partial charge is 0.306 e. The quantitative estimate of drug-likeness (QED) is 0.844. The smallest absolute Gasteiger partial charge is 0.268 e. The first-order valence-corrected chi connectivity index (χ1v) is 6.67. The van der Waals surface area contributed by atoms with Gasteiger partial charge in [-0.05, 0) is 19.9 Å². The molecule has 2 heterocycles. The number of pyridine rings is 1. The molecule has 0 saturated heterocycles. The summed E-state index contributed by atoms with van der Waals surface area (Å²) >= 11 is 0. The van der Waals surface area contributed by atoms with E-state index in [0.717, 1.165) is 0 Å². The molecule has 7 heteroatoms. The van der Waals surface area contributed by atoms with Crippen molar-refractivity contribution < 1.29 is 8.42 Å². The molecule has 0 aromatic carbocycles. The van der Waals surface area contributed by atoms with Gasteiger partial charge in [0.1, 0.15) is 10.5 Å². The molecule has 0 atom stereocenters. The van der Waals surface area contributed by atoms with Crippen molar-refractivity contribution in [2.45, 2.75) is 24.0 Å². The maximum absolute atomic E-state index is 12.0. The monoisotopic (exact) mass is 255 g/mol. The van der Waals surface area contributed by atoms with Crippen LogP contribution in [0.2, 0.25) is 0 Å². The minimum Gasteiger partial charge on any atom is -0.306 e. The summed E-state index contributed by atoms with van der Waals surface area (Å²) in [6.07, 6.45) is 1.52. The molecule has 2 aromatic rings. The third-order valence-corrected chi connectivity index (χ3v) is 4.79. The molecular weight excluding hydrogens is 242 g/mol. The third kappa shape index (κ3) is 1.76. The average Bonchev–Trinajstić information content (AvgIpc) is 2.59. The average molecular weight is 255 g/mol. The van der Waals surface area contributed by atoms with E-state index in [1.807, 2.05) is 0 Å². The van der Waals surface area contributed by atoms with Gasteiger partial charge in [-0.1, -0.05) is 0 Å². The summed E-state index contributed by atoms with van der Waals surface area (Å²) < 4.78 is 25.4. The molecule has 0 aliphatic carbocycles. The number of sulfone groups is 1. The highest BCUT2D eigenvalue weighted by molar-refractivity contribution is 7.92. The number of aryl methyl sites for hydroxylation is 1. The predicted octanol–water partition coefficient (Wildman–Crippen LogP) is 0.444. The van der Waals surface area contributed by atoms with Gasteiger partial charge in [0.05, 0.1) is 11.4 Å². The molecule has 0 radical (unpaired) electrons. The fourth-order valence-electron chi connectivity index (χ4n) is 1.55. The number of hydrogen-bond donors (Lipinski definition) is 1. The summed E-state index contributed by atoms with van der Waals surface area (Å²) in [4.78, 5) is 14.1. The zero-order chi connectivity index (χ0) is 12.8. The number of nitrogens with one attached hydrogen (secondary N) is 1. The second-order valence-corrected chi connectivity index (χ2v) is 6.60. The summed E-state index contributed by atoms with van der Waals surface area (Å²) in [5.41, 5.74) is -0.0903. The minimum absolute atomic E-state index is 0.201. The van der Waals surface area contributed by atoms with E-state index in [9.17, 15) is 13.2 Å². The molecule has 0 aliphatic rings. The predicted molar refractivity (Wildman–Crippen MR) is 63.7 cm³/mol. The Morgan fingerprint density at radius 1 is 1.41 bits per heavy atom. The SMILES string of the molecule is CC(C)S(=O)(=O)c1cc2cnn(C)c2[nH]c1=O. The highest BCUT2D eigenvalue weighted by atomic mass is 32.2. The lowest BCUT2D eigenvalue weighted by molar-refractivity contribution is 0.586. The first-order chi connectivity index (χ1) is 7.84. The number of H-pyrrole nitrogens is 1. The van der Waals surface area contributed by atoms with Crippen LogP contribution in [0.4, 0.5) is 0 Å². The number of fused-ring (bicyclic) bond motifs is 1. The van der Waals surface area contributed by atoms with Crippen LogP contribution in [0.3, 0.4) is 0 Å². The van der Waals surface area contributed by atoms with E-state index in [-0.39, 0.29) is 4.90 Å². The van der Waals surface area contributed by atoms with Crippen molar-refractivity contribution in [3.63, 3.8) is 0 Å². The van der Waals surface area contributed by atoms with Crippen LogP contribution >= 0.6 is 0 Å². The molecule has 0 aliphatic heterocycles. The van der Waals surface area contributed by atoms with E-state index in [4.69, 9.17) is 0 Å². The molecule has 0 bridgehead atoms. The zero-order valence-corrected chi connectivity index (χ0v) is 10.6. The molecule has 0 amide bonds. The van der Waals surface area contributed by atoms with Crippen LogP contribution in [0.15, 0.2) is 22.0 Å². The second-order valence-electron chi connectivity index (χ2n) is 4.13. The van der Waals surface area contributed by atoms with E-state index in [0.29, 0.717) is 11.0 Å². The normalized spacial score (nSPS) is 12.5. The van der Waals surface area contributed by atoms with E-state index < -0.39 is 20.6 Å². The number of aromatic nitrogens is 3. The van der Waals surface area contributed by atoms with Gasteiger partial charge in [0.2, 0.25) is 0 Å². The number of rotatable bonds is 2. The van der Waals surface area contributed by atoms with Crippen LogP contribution in [0.1, 0.15) is 13.8 Å². The maximum atomic E-state index is 12.0. The van der Waals surface area contributed by atoms with Gasteiger partial charge in [-0.3, -0.25) is 9.48 Å². The molecule has 2 aromatic heterocycles. The first kappa shape index (κ1) is 11.8. The van der Waals surface area contributed by atoms with Crippen molar-refractivity contribution in [3.8, 4) is 0 Å². The zero-order valence-electron chi connectivity index (χ0n) is 9.76. The van der Waals surface area contributed by atoms with Crippen LogP contribution in [-0.2, 0) is 16.9 Å². The highest BCUT2D eigenvalue weighted by Crippen LogP contribution is 2.16. The van der Waals surface area contributed by atoms with Gasteiger partial charge >= 0.3 is 0 Å². The maximum Gasteiger partial charge on any atom is 0.268 e. The van der Waals surface area contributed by atoms with Gasteiger partial charge in [-0.2, -0.15) is 5.10 Å². The lowest BCUT2D eigenvalue weighted by atomic mass is 10.3. The highest BCUT2D eigenvalue weighted by Gasteiger charge is 2.23. The minimum atomic E-state index is -3.57. The molecule has 2 rings (SSSR count). The van der Waals surface area contributed by atoms with Crippen molar-refractivity contribution in [1.82, 2.24) is 14.8 Å². The van der Waals surface area contributed by atoms with Crippen LogP contribution in [-0.4, -0.2) is 28.4 Å². The standard InChI is InChI=1S/C10H13N3O3S/c1-6(2)17(15,16)8-4-7-5-11-13(3)9(7)12-10(8)14/h4-6H,1-3H3,(H,12,14). The first-order valence-electron chi connectivity index (χ1n) is 5.13. The van der Waals surface area contributed by atoms with Crippen molar-refractivity contribution in [2.75, 3.05) is 0 Å². The second kappa shape index (κ2) is 3.69. The summed E-state index contributed by atoms with van der Waals surface area (Å²) in [5.74, 6) is 0. The Labute approximate surface area is 98.2 Å². The fraction of sp³-hybridized carbons (Fsp3) is 0.400. The Kier molecular flexibility index (Phi) is 2.57. The van der Waals surface area contributed by atoms with E-state index >= 15 is 0 Å². The van der Waals surface area contributed by atoms with Crippen molar-refractivity contribution in [3.05, 3.63) is 22.6 Å². The summed E-state index contributed by atoms with van der Waals surface area (Å²) in [7, 11) is -1.90. The van der Waals surface area contributed by atoms with Crippen LogP contribution in [0.25, 0.3) is 11.0 Å². The van der Waals surface area contributed by atoms with Gasteiger partial charge in [-0.15, -0.1) is 0 Å². The Hall–Kier alpha value is -1.63. The van der Waals surface area contributed by atoms with Crippen molar-refractivity contribution >= 4 is 20.9 Å². The molecule has 6 nitrogen and oxygen atoms in total.